The summed E-state index contributed by atoms with van der Waals surface area (Å²) >= 11 is 0. The van der Waals surface area contributed by atoms with Gasteiger partial charge in [0, 0.05) is 12.3 Å². The van der Waals surface area contributed by atoms with Crippen molar-refractivity contribution in [3.8, 4) is 0 Å². The molecule has 96 valence electrons. The van der Waals surface area contributed by atoms with Gasteiger partial charge in [-0.05, 0) is 44.4 Å². The van der Waals surface area contributed by atoms with E-state index >= 15 is 0 Å². The lowest BCUT2D eigenvalue weighted by Gasteiger charge is -2.03. The fourth-order valence-corrected chi connectivity index (χ4v) is 2.62. The first-order chi connectivity index (χ1) is 7.89. The van der Waals surface area contributed by atoms with Crippen LogP contribution in [0.25, 0.3) is 0 Å². The van der Waals surface area contributed by atoms with Crippen LogP contribution >= 0.6 is 0 Å². The van der Waals surface area contributed by atoms with Gasteiger partial charge in [0.25, 0.3) is 0 Å². The summed E-state index contributed by atoms with van der Waals surface area (Å²) in [7, 11) is 0. The Morgan fingerprint density at radius 3 is 2.35 bits per heavy atom. The molecule has 0 saturated heterocycles. The number of rotatable bonds is 7. The second kappa shape index (κ2) is 5.61. The Bertz CT molecular complexity index is 326. The standard InChI is InChI=1S/C15H24O2/c1-11(6-5-7-12(2)17)8-9-13-14(10-16)15(13,3)4/h6,10,13-14H,5,7-9H2,1-4H3/b11-6+/t13-,14+/m0/s1. The van der Waals surface area contributed by atoms with Gasteiger partial charge in [-0.3, -0.25) is 0 Å². The second-order valence-corrected chi connectivity index (χ2v) is 5.92. The van der Waals surface area contributed by atoms with Crippen molar-refractivity contribution in [2.45, 2.75) is 53.4 Å². The summed E-state index contributed by atoms with van der Waals surface area (Å²) in [6.45, 7) is 8.09. The van der Waals surface area contributed by atoms with E-state index in [1.54, 1.807) is 6.92 Å². The maximum Gasteiger partial charge on any atom is 0.130 e. The Balaban J connectivity index is 2.27. The summed E-state index contributed by atoms with van der Waals surface area (Å²) in [6, 6.07) is 0. The van der Waals surface area contributed by atoms with E-state index in [0.717, 1.165) is 25.5 Å². The summed E-state index contributed by atoms with van der Waals surface area (Å²) in [6.07, 6.45) is 6.91. The van der Waals surface area contributed by atoms with Crippen molar-refractivity contribution in [2.75, 3.05) is 0 Å². The van der Waals surface area contributed by atoms with Crippen LogP contribution in [0, 0.1) is 17.3 Å². The Hall–Kier alpha value is -0.920. The number of carbonyl (C=O) groups excluding carboxylic acids is 2. The van der Waals surface area contributed by atoms with Gasteiger partial charge in [-0.25, -0.2) is 0 Å². The molecule has 1 aliphatic carbocycles. The fourth-order valence-electron chi connectivity index (χ4n) is 2.62. The number of hydrogen-bond acceptors (Lipinski definition) is 2. The van der Waals surface area contributed by atoms with Crippen LogP contribution in [0.5, 0.6) is 0 Å². The van der Waals surface area contributed by atoms with Crippen LogP contribution in [0.15, 0.2) is 11.6 Å². The molecule has 0 heterocycles. The van der Waals surface area contributed by atoms with E-state index in [9.17, 15) is 9.59 Å². The first kappa shape index (κ1) is 14.1. The SMILES string of the molecule is CC(=O)CC/C=C(\C)CC[C@H]1[C@@H](C=O)C1(C)C. The molecule has 1 rings (SSSR count). The molecule has 17 heavy (non-hydrogen) atoms. The quantitative estimate of drug-likeness (QED) is 0.500. The maximum absolute atomic E-state index is 10.8. The number of allylic oxidation sites excluding steroid dienone is 2. The van der Waals surface area contributed by atoms with Gasteiger partial charge < -0.3 is 9.59 Å². The minimum Gasteiger partial charge on any atom is -0.303 e. The van der Waals surface area contributed by atoms with Gasteiger partial charge in [0.05, 0.1) is 0 Å². The van der Waals surface area contributed by atoms with Gasteiger partial charge >= 0.3 is 0 Å². The highest BCUT2D eigenvalue weighted by Crippen LogP contribution is 2.59. The largest absolute Gasteiger partial charge is 0.303 e. The van der Waals surface area contributed by atoms with E-state index in [2.05, 4.69) is 26.8 Å². The number of aldehydes is 1. The van der Waals surface area contributed by atoms with E-state index in [4.69, 9.17) is 0 Å². The molecular weight excluding hydrogens is 212 g/mol. The Morgan fingerprint density at radius 2 is 1.88 bits per heavy atom. The van der Waals surface area contributed by atoms with Crippen molar-refractivity contribution >= 4 is 12.1 Å². The molecule has 0 bridgehead atoms. The molecule has 0 aromatic rings. The Labute approximate surface area is 104 Å². The number of hydrogen-bond donors (Lipinski definition) is 0. The van der Waals surface area contributed by atoms with Crippen LogP contribution in [-0.4, -0.2) is 12.1 Å². The van der Waals surface area contributed by atoms with Crippen molar-refractivity contribution in [2.24, 2.45) is 17.3 Å². The normalized spacial score (nSPS) is 26.7. The Kier molecular flexibility index (Phi) is 4.67. The predicted molar refractivity (Wildman–Crippen MR) is 69.7 cm³/mol. The molecule has 0 spiro atoms. The van der Waals surface area contributed by atoms with Crippen LogP contribution < -0.4 is 0 Å². The third-order valence-electron chi connectivity index (χ3n) is 4.12. The summed E-state index contributed by atoms with van der Waals surface area (Å²) in [4.78, 5) is 21.6. The van der Waals surface area contributed by atoms with Gasteiger partial charge in [0.2, 0.25) is 0 Å². The van der Waals surface area contributed by atoms with Gasteiger partial charge in [0.15, 0.2) is 0 Å². The molecule has 1 saturated carbocycles. The molecule has 0 aliphatic heterocycles. The summed E-state index contributed by atoms with van der Waals surface area (Å²) in [5, 5.41) is 0. The number of Topliss-reactive ketones (excluding diaryl/α,β-unsaturated/α-hetero) is 1. The van der Waals surface area contributed by atoms with Crippen LogP contribution in [0.1, 0.15) is 53.4 Å². The zero-order valence-corrected chi connectivity index (χ0v) is 11.5. The van der Waals surface area contributed by atoms with E-state index in [1.165, 1.54) is 5.57 Å². The molecule has 2 heteroatoms. The van der Waals surface area contributed by atoms with Gasteiger partial charge in [0.1, 0.15) is 12.1 Å². The minimum absolute atomic E-state index is 0.210. The highest BCUT2D eigenvalue weighted by Gasteiger charge is 2.56. The highest BCUT2D eigenvalue weighted by molar-refractivity contribution is 5.75. The van der Waals surface area contributed by atoms with Crippen molar-refractivity contribution < 1.29 is 9.59 Å². The summed E-state index contributed by atoms with van der Waals surface area (Å²) in [5.74, 6) is 1.06. The van der Waals surface area contributed by atoms with Crippen molar-refractivity contribution in [1.82, 2.24) is 0 Å². The van der Waals surface area contributed by atoms with E-state index in [0.29, 0.717) is 12.3 Å². The predicted octanol–water partition coefficient (Wildman–Crippen LogP) is 3.55. The molecule has 1 aliphatic rings. The second-order valence-electron chi connectivity index (χ2n) is 5.92. The summed E-state index contributed by atoms with van der Waals surface area (Å²) < 4.78 is 0. The first-order valence-corrected chi connectivity index (χ1v) is 6.50. The molecular formula is C15H24O2. The monoisotopic (exact) mass is 236 g/mol. The lowest BCUT2D eigenvalue weighted by atomic mass is 10.0. The minimum atomic E-state index is 0.210. The van der Waals surface area contributed by atoms with Gasteiger partial charge in [-0.1, -0.05) is 25.5 Å². The van der Waals surface area contributed by atoms with Gasteiger partial charge in [-0.2, -0.15) is 0 Å². The molecule has 0 aromatic heterocycles. The zero-order chi connectivity index (χ0) is 13.1. The van der Waals surface area contributed by atoms with E-state index in [-0.39, 0.29) is 17.1 Å². The molecule has 0 radical (unpaired) electrons. The molecule has 2 nitrogen and oxygen atoms in total. The first-order valence-electron chi connectivity index (χ1n) is 6.50. The van der Waals surface area contributed by atoms with Crippen LogP contribution in [0.2, 0.25) is 0 Å². The molecule has 1 fully saturated rings. The molecule has 0 aromatic carbocycles. The molecule has 0 N–H and O–H groups in total. The maximum atomic E-state index is 10.8. The smallest absolute Gasteiger partial charge is 0.130 e. The van der Waals surface area contributed by atoms with Crippen LogP contribution in [-0.2, 0) is 9.59 Å². The van der Waals surface area contributed by atoms with Crippen LogP contribution in [0.3, 0.4) is 0 Å². The van der Waals surface area contributed by atoms with Crippen molar-refractivity contribution in [3.05, 3.63) is 11.6 Å². The summed E-state index contributed by atoms with van der Waals surface area (Å²) in [5.41, 5.74) is 1.56. The van der Waals surface area contributed by atoms with Crippen molar-refractivity contribution in [3.63, 3.8) is 0 Å². The highest BCUT2D eigenvalue weighted by atomic mass is 16.1. The average molecular weight is 236 g/mol. The molecule has 0 amide bonds. The number of carbonyl (C=O) groups is 2. The van der Waals surface area contributed by atoms with Crippen molar-refractivity contribution in [1.29, 1.82) is 0 Å². The van der Waals surface area contributed by atoms with E-state index in [1.807, 2.05) is 0 Å². The van der Waals surface area contributed by atoms with E-state index < -0.39 is 0 Å². The fraction of sp³-hybridized carbons (Fsp3) is 0.733. The zero-order valence-electron chi connectivity index (χ0n) is 11.5. The molecule has 0 unspecified atom stereocenters. The topological polar surface area (TPSA) is 34.1 Å². The third-order valence-corrected chi connectivity index (χ3v) is 4.12. The lowest BCUT2D eigenvalue weighted by Crippen LogP contribution is -1.92. The average Bonchev–Trinajstić information content (AvgIpc) is 2.75. The Morgan fingerprint density at radius 1 is 1.24 bits per heavy atom. The lowest BCUT2D eigenvalue weighted by molar-refractivity contribution is -0.117. The molecule has 2 atom stereocenters. The third kappa shape index (κ3) is 3.79. The van der Waals surface area contributed by atoms with Gasteiger partial charge in [-0.15, -0.1) is 0 Å². The number of ketones is 1. The van der Waals surface area contributed by atoms with Crippen LogP contribution in [0.4, 0.5) is 0 Å².